The quantitative estimate of drug-likeness (QED) is 0.274. The van der Waals surface area contributed by atoms with E-state index in [1.54, 1.807) is 6.07 Å². The predicted molar refractivity (Wildman–Crippen MR) is 136 cm³/mol. The second-order valence-electron chi connectivity index (χ2n) is 8.74. The van der Waals surface area contributed by atoms with Crippen molar-refractivity contribution in [3.05, 3.63) is 102 Å². The fourth-order valence-electron chi connectivity index (χ4n) is 5.08. The topological polar surface area (TPSA) is 20.2 Å². The van der Waals surface area contributed by atoms with Crippen LogP contribution in [0.25, 0.3) is 22.3 Å². The van der Waals surface area contributed by atoms with Crippen molar-refractivity contribution in [2.75, 3.05) is 0 Å². The maximum atomic E-state index is 11.3. The fraction of sp³-hybridized carbons (Fsp3) is 0.107. The Morgan fingerprint density at radius 3 is 2.09 bits per heavy atom. The van der Waals surface area contributed by atoms with Crippen molar-refractivity contribution in [1.29, 1.82) is 0 Å². The monoisotopic (exact) mass is 494 g/mol. The van der Waals surface area contributed by atoms with E-state index in [-0.39, 0.29) is 5.75 Å². The number of benzene rings is 4. The molecule has 0 bridgehead atoms. The van der Waals surface area contributed by atoms with Gasteiger partial charge in [0.1, 0.15) is 0 Å². The molecule has 5 rings (SSSR count). The van der Waals surface area contributed by atoms with Gasteiger partial charge in [0.25, 0.3) is 0 Å². The van der Waals surface area contributed by atoms with Crippen molar-refractivity contribution < 1.29 is 17.8 Å². The summed E-state index contributed by atoms with van der Waals surface area (Å²) in [6, 6.07) is 30.4. The van der Waals surface area contributed by atoms with Crippen molar-refractivity contribution in [1.82, 2.24) is 0 Å². The van der Waals surface area contributed by atoms with E-state index in [4.69, 9.17) is 18.6 Å². The Bertz CT molecular complexity index is 1430. The zero-order valence-corrected chi connectivity index (χ0v) is 21.1. The molecule has 1 aliphatic rings. The number of rotatable bonds is 3. The van der Waals surface area contributed by atoms with Crippen LogP contribution >= 0.6 is 18.6 Å². The summed E-state index contributed by atoms with van der Waals surface area (Å²) < 4.78 is 2.63. The molecule has 0 radical (unpaired) electrons. The standard InChI is InChI=1S/C13H9.C12H9O.C3H6.2ClH.Ti/c1-3-7-12-10(5-1)9-11-6-2-4-8-13(11)12;13-12-8-4-7-11(9-12)10-5-2-1-3-6-10;1-3-2;;;/h1-5,7-8H,9H2;1-8,13H;1-2H3;2*1H;/q;;;;;+2/p-2. The van der Waals surface area contributed by atoms with Gasteiger partial charge in [-0.15, -0.1) is 0 Å². The molecule has 0 saturated heterocycles. The van der Waals surface area contributed by atoms with Gasteiger partial charge in [-0.25, -0.2) is 0 Å². The molecule has 0 aliphatic heterocycles. The van der Waals surface area contributed by atoms with E-state index >= 15 is 0 Å². The van der Waals surface area contributed by atoms with Crippen LogP contribution in [0.5, 0.6) is 5.75 Å². The van der Waals surface area contributed by atoms with E-state index < -0.39 is 12.7 Å². The normalized spacial score (nSPS) is 12.9. The second kappa shape index (κ2) is 7.71. The number of hydrogen-bond donors (Lipinski definition) is 1. The van der Waals surface area contributed by atoms with Crippen LogP contribution in [0.4, 0.5) is 0 Å². The van der Waals surface area contributed by atoms with Crippen LogP contribution in [0.2, 0.25) is 0 Å². The Kier molecular flexibility index (Phi) is 5.23. The van der Waals surface area contributed by atoms with Gasteiger partial charge in [0.15, 0.2) is 0 Å². The van der Waals surface area contributed by atoms with Crippen molar-refractivity contribution in [2.45, 2.75) is 20.3 Å². The molecule has 1 nitrogen and oxygen atoms in total. The van der Waals surface area contributed by atoms with E-state index in [9.17, 15) is 5.11 Å². The minimum atomic E-state index is -4.87. The average Bonchev–Trinajstić information content (AvgIpc) is 3.18. The van der Waals surface area contributed by atoms with Crippen molar-refractivity contribution in [2.24, 2.45) is 0 Å². The number of aromatic hydroxyl groups is 1. The molecule has 0 unspecified atom stereocenters. The van der Waals surface area contributed by atoms with Crippen LogP contribution in [0.15, 0.2) is 91.0 Å². The molecular weight excluding hydrogens is 471 g/mol. The summed E-state index contributed by atoms with van der Waals surface area (Å²) >= 11 is -4.87. The van der Waals surface area contributed by atoms with Gasteiger partial charge >= 0.3 is 198 Å². The Morgan fingerprint density at radius 2 is 1.34 bits per heavy atom. The van der Waals surface area contributed by atoms with Gasteiger partial charge in [-0.2, -0.15) is 0 Å². The Morgan fingerprint density at radius 1 is 0.719 bits per heavy atom. The van der Waals surface area contributed by atoms with Crippen molar-refractivity contribution >= 4 is 30.2 Å². The van der Waals surface area contributed by atoms with Crippen LogP contribution in [0.3, 0.4) is 0 Å². The van der Waals surface area contributed by atoms with E-state index in [0.717, 1.165) is 25.2 Å². The first kappa shape index (κ1) is 21.7. The van der Waals surface area contributed by atoms with E-state index in [1.165, 1.54) is 22.3 Å². The van der Waals surface area contributed by atoms with Gasteiger partial charge in [0.05, 0.1) is 0 Å². The number of phenols is 1. The van der Waals surface area contributed by atoms with Crippen LogP contribution < -0.4 is 7.74 Å². The summed E-state index contributed by atoms with van der Waals surface area (Å²) in [6.07, 6.45) is 0.794. The molecule has 0 heterocycles. The Balaban J connectivity index is 1.89. The maximum absolute atomic E-state index is 11.3. The molecule has 4 aromatic rings. The molecule has 0 aromatic heterocycles. The third-order valence-corrected chi connectivity index (χ3v) is 20.3. The molecular formula is C28H24Cl2OTi. The molecule has 0 saturated carbocycles. The summed E-state index contributed by atoms with van der Waals surface area (Å²) in [5.74, 6) is 0.155. The predicted octanol–water partition coefficient (Wildman–Crippen LogP) is 6.79. The Labute approximate surface area is 197 Å². The zero-order valence-electron chi connectivity index (χ0n) is 18.1. The second-order valence-corrected chi connectivity index (χ2v) is 22.1. The Hall–Kier alpha value is -2.16. The third-order valence-electron chi connectivity index (χ3n) is 6.77. The molecule has 160 valence electrons. The summed E-state index contributed by atoms with van der Waals surface area (Å²) in [6.45, 7) is 4.03. The van der Waals surface area contributed by atoms with E-state index in [0.29, 0.717) is 3.87 Å². The summed E-state index contributed by atoms with van der Waals surface area (Å²) in [7, 11) is 15.7. The summed E-state index contributed by atoms with van der Waals surface area (Å²) in [5, 5.41) is 11.3. The van der Waals surface area contributed by atoms with Crippen LogP contribution in [-0.4, -0.2) is 8.92 Å². The summed E-state index contributed by atoms with van der Waals surface area (Å²) in [4.78, 5) is 0. The van der Waals surface area contributed by atoms with Gasteiger partial charge in [-0.1, -0.05) is 0 Å². The van der Waals surface area contributed by atoms with Crippen molar-refractivity contribution in [3.63, 3.8) is 0 Å². The first-order valence-corrected chi connectivity index (χ1v) is 17.4. The molecule has 4 heteroatoms. The van der Waals surface area contributed by atoms with Gasteiger partial charge in [0.2, 0.25) is 0 Å². The third kappa shape index (κ3) is 3.07. The molecule has 0 fully saturated rings. The van der Waals surface area contributed by atoms with E-state index in [2.05, 4.69) is 42.5 Å². The molecule has 0 spiro atoms. The molecule has 4 aromatic carbocycles. The number of hydrogen-bond acceptors (Lipinski definition) is 1. The molecule has 0 amide bonds. The SMILES string of the molecule is C[C](C)=[Ti]([Cl])([Cl])([c]1cccc2c1Cc1ccccc1-2)[c]1c(O)cccc1-c1ccccc1. The van der Waals surface area contributed by atoms with E-state index in [1.807, 2.05) is 56.3 Å². The van der Waals surface area contributed by atoms with Crippen LogP contribution in [-0.2, 0) is 19.1 Å². The molecule has 0 atom stereocenters. The van der Waals surface area contributed by atoms with Crippen LogP contribution in [0.1, 0.15) is 25.0 Å². The van der Waals surface area contributed by atoms with Gasteiger partial charge in [-0.05, 0) is 0 Å². The molecule has 1 aliphatic carbocycles. The van der Waals surface area contributed by atoms with Gasteiger partial charge < -0.3 is 0 Å². The fourth-order valence-corrected chi connectivity index (χ4v) is 13.9. The number of halogens is 2. The van der Waals surface area contributed by atoms with Crippen LogP contribution in [0, 0.1) is 0 Å². The molecule has 32 heavy (non-hydrogen) atoms. The van der Waals surface area contributed by atoms with Gasteiger partial charge in [0, 0.05) is 0 Å². The number of phenolic OH excluding ortho intramolecular Hbond substituents is 1. The zero-order chi connectivity index (χ0) is 22.5. The van der Waals surface area contributed by atoms with Crippen molar-refractivity contribution in [3.8, 4) is 28.0 Å². The number of fused-ring (bicyclic) bond motifs is 3. The summed E-state index contributed by atoms with van der Waals surface area (Å²) in [5.41, 5.74) is 6.77. The average molecular weight is 495 g/mol. The minimum absolute atomic E-state index is 0.155. The van der Waals surface area contributed by atoms with Gasteiger partial charge in [-0.3, -0.25) is 0 Å². The first-order chi connectivity index (χ1) is 15.3. The molecule has 1 N–H and O–H groups in total. The first-order valence-electron chi connectivity index (χ1n) is 10.8.